The fraction of sp³-hybridized carbons (Fsp3) is 0.143. The minimum atomic E-state index is -4.43. The number of ether oxygens (including phenoxy) is 1. The first kappa shape index (κ1) is 10.9. The van der Waals surface area contributed by atoms with E-state index in [1.54, 1.807) is 0 Å². The Balaban J connectivity index is 4.40. The quantitative estimate of drug-likeness (QED) is 0.372. The van der Waals surface area contributed by atoms with Crippen LogP contribution in [0.5, 0.6) is 0 Å². The lowest BCUT2D eigenvalue weighted by molar-refractivity contribution is 0.309. The molecule has 0 saturated carbocycles. The molecule has 0 aliphatic rings. The summed E-state index contributed by atoms with van der Waals surface area (Å²) in [5.74, 6) is 0.250. The molecule has 68 valence electrons. The molecule has 0 saturated heterocycles. The Labute approximate surface area is 71.6 Å². The van der Waals surface area contributed by atoms with E-state index in [0.29, 0.717) is 0 Å². The third kappa shape index (κ3) is 3.95. The van der Waals surface area contributed by atoms with Gasteiger partial charge in [0.2, 0.25) is 0 Å². The topological polar surface area (TPSA) is 66.4 Å². The van der Waals surface area contributed by atoms with Crippen molar-refractivity contribution in [2.45, 2.75) is 0 Å². The normalized spacial score (nSPS) is 11.5. The van der Waals surface area contributed by atoms with E-state index in [1.165, 1.54) is 13.2 Å². The van der Waals surface area contributed by atoms with Crippen LogP contribution in [-0.4, -0.2) is 20.1 Å². The highest BCUT2D eigenvalue weighted by Gasteiger charge is 1.96. The molecule has 0 N–H and O–H groups in total. The van der Waals surface area contributed by atoms with E-state index in [2.05, 4.69) is 17.9 Å². The van der Waals surface area contributed by atoms with Crippen LogP contribution in [0.3, 0.4) is 0 Å². The molecule has 0 radical (unpaired) electrons. The monoisotopic (exact) mass is 189 g/mol. The number of hydrogen-bond acceptors (Lipinski definition) is 4. The van der Waals surface area contributed by atoms with Crippen molar-refractivity contribution < 1.29 is 17.7 Å². The van der Waals surface area contributed by atoms with Crippen molar-refractivity contribution in [1.82, 2.24) is 0 Å². The molecular weight excluding hydrogens is 180 g/mol. The first-order valence-electron chi connectivity index (χ1n) is 2.93. The van der Waals surface area contributed by atoms with Crippen LogP contribution in [0.25, 0.3) is 0 Å². The molecular formula is C7H9O4S-. The van der Waals surface area contributed by atoms with E-state index in [9.17, 15) is 13.0 Å². The van der Waals surface area contributed by atoms with Crippen LogP contribution in [0.4, 0.5) is 0 Å². The lowest BCUT2D eigenvalue weighted by Gasteiger charge is -2.05. The predicted octanol–water partition coefficient (Wildman–Crippen LogP) is 0.762. The molecule has 0 aromatic heterocycles. The zero-order valence-electron chi connectivity index (χ0n) is 6.61. The largest absolute Gasteiger partial charge is 0.744 e. The molecule has 4 nitrogen and oxygen atoms in total. The van der Waals surface area contributed by atoms with E-state index in [-0.39, 0.29) is 5.76 Å². The van der Waals surface area contributed by atoms with Gasteiger partial charge < -0.3 is 9.29 Å². The van der Waals surface area contributed by atoms with Crippen LogP contribution in [0, 0.1) is 0 Å². The number of allylic oxidation sites excluding steroid dienone is 2. The third-order valence-electron chi connectivity index (χ3n) is 1.04. The Morgan fingerprint density at radius 2 is 1.92 bits per heavy atom. The summed E-state index contributed by atoms with van der Waals surface area (Å²) in [6.45, 7) is 6.43. The smallest absolute Gasteiger partial charge is 0.123 e. The fourth-order valence-electron chi connectivity index (χ4n) is 0.337. The Morgan fingerprint density at radius 1 is 1.42 bits per heavy atom. The highest BCUT2D eigenvalue weighted by molar-refractivity contribution is 7.89. The van der Waals surface area contributed by atoms with E-state index < -0.39 is 15.0 Å². The van der Waals surface area contributed by atoms with E-state index in [0.717, 1.165) is 6.08 Å². The molecule has 0 unspecified atom stereocenters. The molecule has 0 amide bonds. The van der Waals surface area contributed by atoms with Crippen molar-refractivity contribution in [2.75, 3.05) is 7.11 Å². The van der Waals surface area contributed by atoms with Gasteiger partial charge >= 0.3 is 0 Å². The van der Waals surface area contributed by atoms with Gasteiger partial charge in [-0.3, -0.25) is 0 Å². The first-order chi connectivity index (χ1) is 5.38. The predicted molar refractivity (Wildman–Crippen MR) is 44.1 cm³/mol. The van der Waals surface area contributed by atoms with Gasteiger partial charge in [0.1, 0.15) is 15.9 Å². The van der Waals surface area contributed by atoms with Crippen molar-refractivity contribution in [3.8, 4) is 0 Å². The van der Waals surface area contributed by atoms with Gasteiger partial charge in [-0.05, 0) is 12.2 Å². The summed E-state index contributed by atoms with van der Waals surface area (Å²) in [6.07, 6.45) is 2.28. The zero-order valence-corrected chi connectivity index (χ0v) is 7.43. The molecule has 0 aliphatic carbocycles. The summed E-state index contributed by atoms with van der Waals surface area (Å²) in [5.41, 5.74) is 0. The van der Waals surface area contributed by atoms with Crippen molar-refractivity contribution in [1.29, 1.82) is 0 Å². The Morgan fingerprint density at radius 3 is 2.25 bits per heavy atom. The van der Waals surface area contributed by atoms with Gasteiger partial charge in [-0.2, -0.15) is 0 Å². The highest BCUT2D eigenvalue weighted by Crippen LogP contribution is 2.04. The maximum absolute atomic E-state index is 10.3. The molecule has 0 heterocycles. The Bertz CT molecular complexity index is 310. The number of methoxy groups -OCH3 is 1. The fourth-order valence-corrected chi connectivity index (χ4v) is 0.572. The Kier molecular flexibility index (Phi) is 3.72. The summed E-state index contributed by atoms with van der Waals surface area (Å²) in [7, 11) is -3.06. The lowest BCUT2D eigenvalue weighted by atomic mass is 10.4. The highest BCUT2D eigenvalue weighted by atomic mass is 32.2. The average molecular weight is 189 g/mol. The summed E-state index contributed by atoms with van der Waals surface area (Å²) >= 11 is 0. The molecule has 0 aliphatic heterocycles. The zero-order chi connectivity index (χ0) is 9.78. The SMILES string of the molecule is C=C(/C=C\C(=C)S(=O)(=O)[O-])OC. The van der Waals surface area contributed by atoms with Gasteiger partial charge in [0.15, 0.2) is 0 Å². The summed E-state index contributed by atoms with van der Waals surface area (Å²) in [5, 5.41) is 0. The molecule has 0 aromatic carbocycles. The van der Waals surface area contributed by atoms with Gasteiger partial charge in [-0.1, -0.05) is 13.2 Å². The second-order valence-electron chi connectivity index (χ2n) is 1.92. The van der Waals surface area contributed by atoms with Gasteiger partial charge in [0.05, 0.1) is 7.11 Å². The minimum absolute atomic E-state index is 0.250. The molecule has 0 spiro atoms. The van der Waals surface area contributed by atoms with Gasteiger partial charge in [0, 0.05) is 4.91 Å². The van der Waals surface area contributed by atoms with Crippen molar-refractivity contribution in [2.24, 2.45) is 0 Å². The van der Waals surface area contributed by atoms with Crippen LogP contribution in [0.1, 0.15) is 0 Å². The maximum atomic E-state index is 10.3. The molecule has 0 fully saturated rings. The van der Waals surface area contributed by atoms with Crippen molar-refractivity contribution in [3.05, 3.63) is 36.0 Å². The standard InChI is InChI=1S/C7H10O4S/c1-6(11-3)4-5-7(2)12(8,9)10/h4-5H,1-2H2,3H3,(H,8,9,10)/p-1/b5-4-. The van der Waals surface area contributed by atoms with Crippen molar-refractivity contribution in [3.63, 3.8) is 0 Å². The van der Waals surface area contributed by atoms with E-state index >= 15 is 0 Å². The van der Waals surface area contributed by atoms with Gasteiger partial charge in [-0.15, -0.1) is 0 Å². The van der Waals surface area contributed by atoms with Crippen molar-refractivity contribution >= 4 is 10.1 Å². The third-order valence-corrected chi connectivity index (χ3v) is 1.82. The van der Waals surface area contributed by atoms with Crippen LogP contribution >= 0.6 is 0 Å². The van der Waals surface area contributed by atoms with Crippen LogP contribution in [0.2, 0.25) is 0 Å². The average Bonchev–Trinajstić information content (AvgIpc) is 1.97. The minimum Gasteiger partial charge on any atom is -0.744 e. The molecule has 5 heteroatoms. The number of hydrogen-bond donors (Lipinski definition) is 0. The molecule has 0 bridgehead atoms. The summed E-state index contributed by atoms with van der Waals surface area (Å²) in [6, 6.07) is 0. The lowest BCUT2D eigenvalue weighted by Crippen LogP contribution is -1.98. The van der Waals surface area contributed by atoms with E-state index in [1.807, 2.05) is 0 Å². The maximum Gasteiger partial charge on any atom is 0.123 e. The molecule has 0 aromatic rings. The molecule has 0 rings (SSSR count). The van der Waals surface area contributed by atoms with Gasteiger partial charge in [-0.25, -0.2) is 8.42 Å². The van der Waals surface area contributed by atoms with Crippen LogP contribution in [0.15, 0.2) is 36.0 Å². The van der Waals surface area contributed by atoms with Gasteiger partial charge in [0.25, 0.3) is 0 Å². The van der Waals surface area contributed by atoms with Crippen LogP contribution in [-0.2, 0) is 14.9 Å². The number of rotatable bonds is 4. The van der Waals surface area contributed by atoms with Crippen LogP contribution < -0.4 is 0 Å². The summed E-state index contributed by atoms with van der Waals surface area (Å²) in [4.78, 5) is -0.513. The summed E-state index contributed by atoms with van der Waals surface area (Å²) < 4.78 is 35.4. The van der Waals surface area contributed by atoms with E-state index in [4.69, 9.17) is 0 Å². The second kappa shape index (κ2) is 4.08. The first-order valence-corrected chi connectivity index (χ1v) is 4.34. The second-order valence-corrected chi connectivity index (χ2v) is 3.36. The molecule has 0 atom stereocenters. The Hall–Kier alpha value is -1.07. The molecule has 12 heavy (non-hydrogen) atoms.